The summed E-state index contributed by atoms with van der Waals surface area (Å²) in [4.78, 5) is 27.5. The smallest absolute Gasteiger partial charge is 0.267 e. The van der Waals surface area contributed by atoms with Gasteiger partial charge in [-0.2, -0.15) is 0 Å². The number of nitrogens with one attached hydrogen (secondary N) is 1. The normalized spacial score (nSPS) is 11.3. The van der Waals surface area contributed by atoms with Crippen molar-refractivity contribution in [1.29, 1.82) is 0 Å². The van der Waals surface area contributed by atoms with E-state index in [-0.39, 0.29) is 5.91 Å². The zero-order valence-electron chi connectivity index (χ0n) is 15.4. The van der Waals surface area contributed by atoms with E-state index in [0.29, 0.717) is 43.3 Å². The quantitative estimate of drug-likeness (QED) is 0.383. The first-order chi connectivity index (χ1) is 14.0. The molecule has 29 heavy (non-hydrogen) atoms. The van der Waals surface area contributed by atoms with Gasteiger partial charge in [-0.1, -0.05) is 29.8 Å². The van der Waals surface area contributed by atoms with Gasteiger partial charge in [0.1, 0.15) is 15.2 Å². The molecule has 3 aromatic heterocycles. The Bertz CT molecular complexity index is 1420. The lowest BCUT2D eigenvalue weighted by Crippen LogP contribution is -2.11. The maximum absolute atomic E-state index is 12.8. The van der Waals surface area contributed by atoms with Gasteiger partial charge in [-0.05, 0) is 31.2 Å². The topological polar surface area (TPSA) is 120 Å². The van der Waals surface area contributed by atoms with Crippen LogP contribution in [0.3, 0.4) is 0 Å². The molecule has 0 aliphatic heterocycles. The number of aryl methyl sites for hydroxylation is 1. The third-order valence-electron chi connectivity index (χ3n) is 4.73. The summed E-state index contributed by atoms with van der Waals surface area (Å²) in [5, 5.41) is 3.41. The molecule has 5 rings (SSSR count). The van der Waals surface area contributed by atoms with Gasteiger partial charge in [-0.25, -0.2) is 15.0 Å². The average molecular weight is 400 g/mol. The molecule has 0 atom stereocenters. The minimum Gasteiger partial charge on any atom is -0.397 e. The fourth-order valence-corrected chi connectivity index (χ4v) is 4.23. The van der Waals surface area contributed by atoms with Gasteiger partial charge >= 0.3 is 0 Å². The third-order valence-corrected chi connectivity index (χ3v) is 5.82. The Balaban J connectivity index is 1.65. The average Bonchev–Trinajstić information content (AvgIpc) is 3.05. The van der Waals surface area contributed by atoms with Gasteiger partial charge in [0.25, 0.3) is 5.91 Å². The van der Waals surface area contributed by atoms with E-state index >= 15 is 0 Å². The van der Waals surface area contributed by atoms with E-state index in [2.05, 4.69) is 20.3 Å². The molecule has 0 fully saturated rings. The fraction of sp³-hybridized carbons (Fsp3) is 0.0476. The van der Waals surface area contributed by atoms with Gasteiger partial charge in [-0.15, -0.1) is 11.3 Å². The Morgan fingerprint density at radius 2 is 1.62 bits per heavy atom. The Kier molecular flexibility index (Phi) is 3.82. The largest absolute Gasteiger partial charge is 0.397 e. The van der Waals surface area contributed by atoms with Crippen molar-refractivity contribution < 1.29 is 4.79 Å². The second kappa shape index (κ2) is 6.39. The summed E-state index contributed by atoms with van der Waals surface area (Å²) in [6.07, 6.45) is 0. The molecule has 142 valence electrons. The van der Waals surface area contributed by atoms with Crippen molar-refractivity contribution in [1.82, 2.24) is 15.0 Å². The number of nitrogens with zero attached hydrogens (tertiary/aromatic N) is 3. The van der Waals surface area contributed by atoms with Crippen molar-refractivity contribution in [3.63, 3.8) is 0 Å². The van der Waals surface area contributed by atoms with Gasteiger partial charge in [-0.3, -0.25) is 4.79 Å². The molecular formula is C21H16N6OS. The van der Waals surface area contributed by atoms with Crippen molar-refractivity contribution in [2.45, 2.75) is 6.92 Å². The molecular weight excluding hydrogens is 384 g/mol. The predicted molar refractivity (Wildman–Crippen MR) is 118 cm³/mol. The molecule has 0 saturated carbocycles. The van der Waals surface area contributed by atoms with Crippen LogP contribution >= 0.6 is 11.3 Å². The number of pyridine rings is 1. The number of thiophene rings is 1. The first-order valence-corrected chi connectivity index (χ1v) is 9.75. The van der Waals surface area contributed by atoms with Crippen LogP contribution < -0.4 is 16.8 Å². The van der Waals surface area contributed by atoms with Crippen LogP contribution in [0.15, 0.2) is 48.5 Å². The first kappa shape index (κ1) is 17.3. The van der Waals surface area contributed by atoms with Gasteiger partial charge in [0.15, 0.2) is 5.65 Å². The Morgan fingerprint density at radius 3 is 2.34 bits per heavy atom. The highest BCUT2D eigenvalue weighted by atomic mass is 32.1. The molecule has 7 nitrogen and oxygen atoms in total. The third kappa shape index (κ3) is 2.81. The number of aromatic nitrogens is 3. The molecule has 8 heteroatoms. The molecule has 0 aliphatic rings. The summed E-state index contributed by atoms with van der Waals surface area (Å²) in [6, 6.07) is 15.1. The Morgan fingerprint density at radius 1 is 0.931 bits per heavy atom. The molecule has 3 heterocycles. The van der Waals surface area contributed by atoms with E-state index in [4.69, 9.17) is 11.5 Å². The summed E-state index contributed by atoms with van der Waals surface area (Å²) < 4.78 is 0. The molecule has 0 unspecified atom stereocenters. The molecule has 5 aromatic rings. The molecule has 0 saturated heterocycles. The van der Waals surface area contributed by atoms with Gasteiger partial charge < -0.3 is 16.8 Å². The molecule has 2 aromatic carbocycles. The number of hydrogen-bond acceptors (Lipinski definition) is 7. The van der Waals surface area contributed by atoms with Crippen LogP contribution in [0.4, 0.5) is 17.1 Å². The van der Waals surface area contributed by atoms with E-state index in [9.17, 15) is 4.79 Å². The number of fused-ring (bicyclic) bond motifs is 3. The predicted octanol–water partition coefficient (Wildman–Crippen LogP) is 4.12. The zero-order valence-corrected chi connectivity index (χ0v) is 16.2. The van der Waals surface area contributed by atoms with Crippen LogP contribution in [-0.2, 0) is 0 Å². The SMILES string of the molecule is Cc1ccc(NC(=O)c2sc3nc4nc5ccccc5nc4c(N)c3c2N)cc1. The number of carbonyl (C=O) groups is 1. The lowest BCUT2D eigenvalue weighted by molar-refractivity contribution is 0.103. The van der Waals surface area contributed by atoms with Crippen molar-refractivity contribution in [3.05, 3.63) is 59.0 Å². The van der Waals surface area contributed by atoms with Crippen molar-refractivity contribution in [2.24, 2.45) is 0 Å². The van der Waals surface area contributed by atoms with Crippen molar-refractivity contribution in [2.75, 3.05) is 16.8 Å². The van der Waals surface area contributed by atoms with Crippen molar-refractivity contribution >= 4 is 66.7 Å². The lowest BCUT2D eigenvalue weighted by atomic mass is 10.2. The van der Waals surface area contributed by atoms with Crippen LogP contribution in [0, 0.1) is 6.92 Å². The number of amides is 1. The van der Waals surface area contributed by atoms with Gasteiger partial charge in [0, 0.05) is 5.69 Å². The number of para-hydroxylation sites is 2. The molecule has 1 amide bonds. The summed E-state index contributed by atoms with van der Waals surface area (Å²) >= 11 is 1.19. The number of anilines is 3. The highest BCUT2D eigenvalue weighted by Gasteiger charge is 2.22. The van der Waals surface area contributed by atoms with Gasteiger partial charge in [0.05, 0.1) is 27.8 Å². The molecule has 0 spiro atoms. The minimum atomic E-state index is -0.302. The Hall–Kier alpha value is -3.78. The molecule has 0 aliphatic carbocycles. The van der Waals surface area contributed by atoms with Crippen LogP contribution in [0.5, 0.6) is 0 Å². The number of hydrogen-bond donors (Lipinski definition) is 3. The summed E-state index contributed by atoms with van der Waals surface area (Å²) in [7, 11) is 0. The van der Waals surface area contributed by atoms with Crippen LogP contribution in [0.2, 0.25) is 0 Å². The highest BCUT2D eigenvalue weighted by molar-refractivity contribution is 7.21. The minimum absolute atomic E-state index is 0.302. The number of nitrogens with two attached hydrogens (primary N) is 2. The zero-order chi connectivity index (χ0) is 20.1. The van der Waals surface area contributed by atoms with E-state index in [0.717, 1.165) is 16.6 Å². The second-order valence-corrected chi connectivity index (χ2v) is 7.75. The number of carbonyl (C=O) groups excluding carboxylic acids is 1. The standard InChI is InChI=1S/C21H16N6OS/c1-10-6-8-11(9-7-10)24-20(28)18-16(23)14-15(22)17-19(27-21(14)29-18)26-13-5-3-2-4-12(13)25-17/h2-9H,23H2,1H3,(H,24,28)(H2,22,26,27). The highest BCUT2D eigenvalue weighted by Crippen LogP contribution is 2.39. The van der Waals surface area contributed by atoms with E-state index < -0.39 is 0 Å². The lowest BCUT2D eigenvalue weighted by Gasteiger charge is -2.06. The number of rotatable bonds is 2. The summed E-state index contributed by atoms with van der Waals surface area (Å²) in [5.74, 6) is -0.302. The van der Waals surface area contributed by atoms with Crippen molar-refractivity contribution in [3.8, 4) is 0 Å². The monoisotopic (exact) mass is 400 g/mol. The number of benzene rings is 2. The van der Waals surface area contributed by atoms with E-state index in [1.165, 1.54) is 11.3 Å². The molecule has 0 bridgehead atoms. The molecule has 0 radical (unpaired) electrons. The van der Waals surface area contributed by atoms with E-state index in [1.807, 2.05) is 55.5 Å². The van der Waals surface area contributed by atoms with Crippen LogP contribution in [-0.4, -0.2) is 20.9 Å². The van der Waals surface area contributed by atoms with Gasteiger partial charge in [0.2, 0.25) is 0 Å². The summed E-state index contributed by atoms with van der Waals surface area (Å²) in [5.41, 5.74) is 17.5. The summed E-state index contributed by atoms with van der Waals surface area (Å²) in [6.45, 7) is 1.99. The maximum Gasteiger partial charge on any atom is 0.267 e. The Labute approximate surface area is 169 Å². The fourth-order valence-electron chi connectivity index (χ4n) is 3.23. The number of nitrogen functional groups attached to an aromatic ring is 2. The maximum atomic E-state index is 12.8. The molecule has 5 N–H and O–H groups in total. The second-order valence-electron chi connectivity index (χ2n) is 6.76. The van der Waals surface area contributed by atoms with E-state index in [1.54, 1.807) is 0 Å². The first-order valence-electron chi connectivity index (χ1n) is 8.93. The van der Waals surface area contributed by atoms with Crippen LogP contribution in [0.1, 0.15) is 15.2 Å². The van der Waals surface area contributed by atoms with Crippen LogP contribution in [0.25, 0.3) is 32.4 Å².